The van der Waals surface area contributed by atoms with Gasteiger partial charge in [-0.3, -0.25) is 4.79 Å². The largest absolute Gasteiger partial charge is 0.563 e. The molecule has 0 unspecified atom stereocenters. The van der Waals surface area contributed by atoms with Crippen molar-refractivity contribution in [3.63, 3.8) is 0 Å². The van der Waals surface area contributed by atoms with Crippen LogP contribution in [0, 0.1) is 17.2 Å². The van der Waals surface area contributed by atoms with E-state index in [2.05, 4.69) is 9.71 Å². The summed E-state index contributed by atoms with van der Waals surface area (Å²) in [5, 5.41) is 8.29. The smallest absolute Gasteiger partial charge is 0.469 e. The number of hydrogen-bond donors (Lipinski definition) is 0. The van der Waals surface area contributed by atoms with Crippen molar-refractivity contribution in [1.82, 2.24) is 0 Å². The van der Waals surface area contributed by atoms with E-state index in [1.165, 1.54) is 7.11 Å². The Morgan fingerprint density at radius 1 is 1.21 bits per heavy atom. The van der Waals surface area contributed by atoms with Gasteiger partial charge in [0.2, 0.25) is 10.4 Å². The maximum atomic E-state index is 11.1. The molecular weight excluding hydrogens is 184 g/mol. The Morgan fingerprint density at radius 3 is 2.14 bits per heavy atom. The minimum absolute atomic E-state index is 0.0947. The fourth-order valence-corrected chi connectivity index (χ4v) is 1.82. The number of methoxy groups -OCH3 is 1. The van der Waals surface area contributed by atoms with Gasteiger partial charge in [-0.25, -0.2) is 0 Å². The number of esters is 1. The molecule has 0 aliphatic heterocycles. The molecule has 0 atom stereocenters. The molecule has 76 valence electrons. The summed E-state index contributed by atoms with van der Waals surface area (Å²) in [6, 6.07) is 0. The van der Waals surface area contributed by atoms with Gasteiger partial charge in [0.1, 0.15) is 5.92 Å². The molecule has 0 aromatic rings. The first-order chi connectivity index (χ1) is 6.69. The monoisotopic (exact) mass is 197 g/mol. The van der Waals surface area contributed by atoms with E-state index in [0.29, 0.717) is 25.7 Å². The molecule has 0 aromatic heterocycles. The zero-order chi connectivity index (χ0) is 10.6. The van der Waals surface area contributed by atoms with E-state index >= 15 is 0 Å². The molecular formula is C9H13N2O3+. The van der Waals surface area contributed by atoms with Gasteiger partial charge in [-0.05, 0) is 25.7 Å². The third kappa shape index (κ3) is 2.28. The Hall–Kier alpha value is -1.44. The van der Waals surface area contributed by atoms with E-state index in [1.807, 2.05) is 0 Å². The summed E-state index contributed by atoms with van der Waals surface area (Å²) in [5.74, 6) is -1.01. The minimum Gasteiger partial charge on any atom is -0.469 e. The molecule has 0 saturated heterocycles. The van der Waals surface area contributed by atoms with Gasteiger partial charge < -0.3 is 4.74 Å². The zero-order valence-corrected chi connectivity index (χ0v) is 8.10. The van der Waals surface area contributed by atoms with E-state index in [0.717, 1.165) is 0 Å². The van der Waals surface area contributed by atoms with Gasteiger partial charge in [0.05, 0.1) is 13.0 Å². The quantitative estimate of drug-likeness (QED) is 0.494. The topological polar surface area (TPSA) is 71.5 Å². The Morgan fingerprint density at radius 2 is 1.71 bits per heavy atom. The lowest BCUT2D eigenvalue weighted by Gasteiger charge is -2.21. The van der Waals surface area contributed by atoms with Crippen molar-refractivity contribution in [3.8, 4) is 0 Å². The van der Waals surface area contributed by atoms with E-state index in [9.17, 15) is 9.59 Å². The van der Waals surface area contributed by atoms with Gasteiger partial charge >= 0.3 is 11.9 Å². The Balaban J connectivity index is 2.43. The number of hydrogen-bond acceptors (Lipinski definition) is 4. The molecule has 1 rings (SSSR count). The van der Waals surface area contributed by atoms with Gasteiger partial charge in [-0.1, -0.05) is 0 Å². The molecule has 1 aliphatic carbocycles. The number of carbonyl (C=O) groups is 2. The van der Waals surface area contributed by atoms with Crippen LogP contribution in [0.25, 0.3) is 4.98 Å². The summed E-state index contributed by atoms with van der Waals surface area (Å²) in [5.41, 5.74) is 0. The second-order valence-electron chi connectivity index (χ2n) is 3.51. The van der Waals surface area contributed by atoms with Crippen LogP contribution in [0.2, 0.25) is 0 Å². The molecule has 0 heterocycles. The average molecular weight is 197 g/mol. The first-order valence-electron chi connectivity index (χ1n) is 4.65. The fourth-order valence-electron chi connectivity index (χ4n) is 1.82. The van der Waals surface area contributed by atoms with Gasteiger partial charge in [0.25, 0.3) is 0 Å². The van der Waals surface area contributed by atoms with Gasteiger partial charge in [-0.15, -0.1) is 0 Å². The number of carbonyl (C=O) groups excluding carboxylic acids is 2. The third-order valence-corrected chi connectivity index (χ3v) is 2.71. The van der Waals surface area contributed by atoms with Gasteiger partial charge in [0, 0.05) is 0 Å². The molecule has 1 saturated carbocycles. The summed E-state index contributed by atoms with van der Waals surface area (Å²) < 4.78 is 4.62. The van der Waals surface area contributed by atoms with Crippen molar-refractivity contribution in [3.05, 3.63) is 4.98 Å². The van der Waals surface area contributed by atoms with E-state index in [-0.39, 0.29) is 17.8 Å². The second-order valence-corrected chi connectivity index (χ2v) is 3.51. The SMILES string of the molecule is COC(=O)[C@H]1CC[C@@H](C(=O)[N+]#N)CC1. The lowest BCUT2D eigenvalue weighted by molar-refractivity contribution is -0.147. The van der Waals surface area contributed by atoms with Crippen LogP contribution >= 0.6 is 0 Å². The standard InChI is InChI=1S/C9H13N2O3/c1-14-9(13)7-4-2-6(3-5-7)8(12)11-10/h6-7H,2-5H2,1H3/q+1/t6-,7+. The molecule has 5 nitrogen and oxygen atoms in total. The average Bonchev–Trinajstić information content (AvgIpc) is 2.27. The molecule has 0 N–H and O–H groups in total. The van der Waals surface area contributed by atoms with E-state index in [1.54, 1.807) is 0 Å². The number of nitrogens with zero attached hydrogens (tertiary/aromatic N) is 2. The highest BCUT2D eigenvalue weighted by atomic mass is 16.5. The highest BCUT2D eigenvalue weighted by Gasteiger charge is 2.36. The van der Waals surface area contributed by atoms with Crippen molar-refractivity contribution < 1.29 is 14.3 Å². The second kappa shape index (κ2) is 4.70. The number of diazo groups is 1. The number of amides is 1. The molecule has 0 spiro atoms. The minimum atomic E-state index is -0.478. The highest BCUT2D eigenvalue weighted by molar-refractivity contribution is 5.87. The summed E-state index contributed by atoms with van der Waals surface area (Å²) in [7, 11) is 1.36. The zero-order valence-electron chi connectivity index (χ0n) is 8.10. The molecule has 5 heteroatoms. The first kappa shape index (κ1) is 10.6. The van der Waals surface area contributed by atoms with Crippen LogP contribution in [0.1, 0.15) is 25.7 Å². The van der Waals surface area contributed by atoms with Crippen LogP contribution in [0.3, 0.4) is 0 Å². The van der Waals surface area contributed by atoms with Crippen molar-refractivity contribution in [2.24, 2.45) is 11.8 Å². The lowest BCUT2D eigenvalue weighted by atomic mass is 9.82. The summed E-state index contributed by atoms with van der Waals surface area (Å²) >= 11 is 0. The fraction of sp³-hybridized carbons (Fsp3) is 0.778. The summed E-state index contributed by atoms with van der Waals surface area (Å²) in [6.07, 6.45) is 2.47. The molecule has 1 aliphatic rings. The van der Waals surface area contributed by atoms with Crippen LogP contribution in [0.15, 0.2) is 0 Å². The number of rotatable bonds is 2. The Labute approximate surface area is 82.0 Å². The molecule has 0 aromatic carbocycles. The Bertz CT molecular complexity index is 274. The van der Waals surface area contributed by atoms with E-state index < -0.39 is 5.91 Å². The summed E-state index contributed by atoms with van der Waals surface area (Å²) in [4.78, 5) is 24.8. The first-order valence-corrected chi connectivity index (χ1v) is 4.65. The Kier molecular flexibility index (Phi) is 3.57. The lowest BCUT2D eigenvalue weighted by Crippen LogP contribution is -2.25. The van der Waals surface area contributed by atoms with Crippen LogP contribution in [-0.4, -0.2) is 19.0 Å². The van der Waals surface area contributed by atoms with Crippen molar-refractivity contribution >= 4 is 11.9 Å². The normalized spacial score (nSPS) is 26.3. The third-order valence-electron chi connectivity index (χ3n) is 2.71. The molecule has 0 bridgehead atoms. The molecule has 1 amide bonds. The van der Waals surface area contributed by atoms with Crippen LogP contribution in [0.5, 0.6) is 0 Å². The van der Waals surface area contributed by atoms with Gasteiger partial charge in [-0.2, -0.15) is 4.79 Å². The molecule has 1 fully saturated rings. The maximum absolute atomic E-state index is 11.1. The molecule has 14 heavy (non-hydrogen) atoms. The summed E-state index contributed by atoms with van der Waals surface area (Å²) in [6.45, 7) is 0. The van der Waals surface area contributed by atoms with Crippen LogP contribution in [0.4, 0.5) is 0 Å². The maximum Gasteiger partial charge on any atom is 0.563 e. The predicted molar refractivity (Wildman–Crippen MR) is 47.6 cm³/mol. The van der Waals surface area contributed by atoms with Crippen molar-refractivity contribution in [2.45, 2.75) is 25.7 Å². The van der Waals surface area contributed by atoms with E-state index in [4.69, 9.17) is 5.39 Å². The van der Waals surface area contributed by atoms with Gasteiger partial charge in [0.15, 0.2) is 0 Å². The molecule has 0 radical (unpaired) electrons. The number of ether oxygens (including phenoxy) is 1. The van der Waals surface area contributed by atoms with Crippen molar-refractivity contribution in [2.75, 3.05) is 7.11 Å². The van der Waals surface area contributed by atoms with Crippen LogP contribution < -0.4 is 0 Å². The highest BCUT2D eigenvalue weighted by Crippen LogP contribution is 2.30. The predicted octanol–water partition coefficient (Wildman–Crippen LogP) is 1.35. The van der Waals surface area contributed by atoms with Crippen LogP contribution in [-0.2, 0) is 14.3 Å². The van der Waals surface area contributed by atoms with Crippen molar-refractivity contribution in [1.29, 1.82) is 5.39 Å².